The van der Waals surface area contributed by atoms with Crippen molar-refractivity contribution in [2.24, 2.45) is 11.3 Å². The first-order valence-corrected chi connectivity index (χ1v) is 8.31. The summed E-state index contributed by atoms with van der Waals surface area (Å²) in [5.74, 6) is 0.289. The number of fused-ring (bicyclic) bond motifs is 1. The van der Waals surface area contributed by atoms with E-state index in [1.54, 1.807) is 12.1 Å². The Hall–Kier alpha value is -2.07. The third-order valence-electron chi connectivity index (χ3n) is 6.58. The fraction of sp³-hybridized carbons (Fsp3) is 0.421. The molecule has 0 bridgehead atoms. The molecule has 1 spiro atoms. The number of phenols is 1. The van der Waals surface area contributed by atoms with Gasteiger partial charge in [0.15, 0.2) is 0 Å². The van der Waals surface area contributed by atoms with E-state index in [1.807, 2.05) is 12.1 Å². The molecule has 4 nitrogen and oxygen atoms in total. The molecule has 1 aromatic carbocycles. The van der Waals surface area contributed by atoms with E-state index in [1.165, 1.54) is 0 Å². The summed E-state index contributed by atoms with van der Waals surface area (Å²) in [7, 11) is 0. The van der Waals surface area contributed by atoms with Gasteiger partial charge in [-0.2, -0.15) is 0 Å². The van der Waals surface area contributed by atoms with Gasteiger partial charge in [0.05, 0.1) is 5.92 Å². The number of hydrogen-bond donors (Lipinski definition) is 2. The van der Waals surface area contributed by atoms with Gasteiger partial charge in [0.2, 0.25) is 5.91 Å². The van der Waals surface area contributed by atoms with Gasteiger partial charge in [-0.05, 0) is 31.5 Å². The van der Waals surface area contributed by atoms with Crippen LogP contribution in [-0.4, -0.2) is 35.0 Å². The first-order valence-electron chi connectivity index (χ1n) is 8.31. The Morgan fingerprint density at radius 1 is 1.43 bits per heavy atom. The summed E-state index contributed by atoms with van der Waals surface area (Å²) in [5.41, 5.74) is 1.24. The molecule has 4 aliphatic rings. The lowest BCUT2D eigenvalue weighted by molar-refractivity contribution is -0.122. The molecule has 2 N–H and O–H groups in total. The normalized spacial score (nSPS) is 40.3. The van der Waals surface area contributed by atoms with E-state index < -0.39 is 0 Å². The van der Waals surface area contributed by atoms with Crippen molar-refractivity contribution in [1.29, 1.82) is 0 Å². The van der Waals surface area contributed by atoms with E-state index in [4.69, 9.17) is 0 Å². The minimum Gasteiger partial charge on any atom is -0.508 e. The van der Waals surface area contributed by atoms with Crippen LogP contribution in [0.25, 0.3) is 0 Å². The highest BCUT2D eigenvalue weighted by Crippen LogP contribution is 2.66. The minimum absolute atomic E-state index is 0.0916. The fourth-order valence-electron chi connectivity index (χ4n) is 5.89. The molecule has 1 aliphatic carbocycles. The molecule has 1 saturated carbocycles. The number of nitrogens with one attached hydrogen (secondary N) is 1. The van der Waals surface area contributed by atoms with Crippen LogP contribution in [0.4, 0.5) is 5.69 Å². The standard InChI is InChI=1S/C19H20N2O2/c1-2-18-7-4-9-21-10-8-19(17(18)21)12(11-18)16(23)20-13-5-3-6-14(22)15(13)19/h2-7,12,17,22H,1,8-11H2,(H,20,23)/t12-,17-,18-,19-/m0/s1. The molecule has 1 saturated heterocycles. The van der Waals surface area contributed by atoms with Crippen molar-refractivity contribution in [2.75, 3.05) is 18.4 Å². The summed E-state index contributed by atoms with van der Waals surface area (Å²) in [6.45, 7) is 5.98. The van der Waals surface area contributed by atoms with Gasteiger partial charge in [0, 0.05) is 34.7 Å². The van der Waals surface area contributed by atoms with Crippen molar-refractivity contribution in [2.45, 2.75) is 24.3 Å². The lowest BCUT2D eigenvalue weighted by atomic mass is 9.65. The van der Waals surface area contributed by atoms with Crippen LogP contribution in [0.2, 0.25) is 0 Å². The smallest absolute Gasteiger partial charge is 0.228 e. The molecule has 4 heteroatoms. The molecule has 0 unspecified atom stereocenters. The van der Waals surface area contributed by atoms with E-state index in [2.05, 4.69) is 28.9 Å². The van der Waals surface area contributed by atoms with Gasteiger partial charge in [-0.15, -0.1) is 6.58 Å². The molecule has 0 radical (unpaired) electrons. The second kappa shape index (κ2) is 4.06. The Morgan fingerprint density at radius 3 is 3.13 bits per heavy atom. The second-order valence-corrected chi connectivity index (χ2v) is 7.35. The molecule has 1 aromatic rings. The lowest BCUT2D eigenvalue weighted by Gasteiger charge is -2.45. The van der Waals surface area contributed by atoms with Gasteiger partial charge < -0.3 is 10.4 Å². The number of nitrogens with zero attached hydrogens (tertiary/aromatic N) is 1. The molecule has 4 atom stereocenters. The molecule has 3 heterocycles. The van der Waals surface area contributed by atoms with Crippen LogP contribution in [0.5, 0.6) is 5.75 Å². The van der Waals surface area contributed by atoms with Crippen LogP contribution < -0.4 is 5.32 Å². The summed E-state index contributed by atoms with van der Waals surface area (Å²) in [6, 6.07) is 5.67. The number of aromatic hydroxyl groups is 1. The third kappa shape index (κ3) is 1.35. The average molecular weight is 308 g/mol. The van der Waals surface area contributed by atoms with Crippen LogP contribution in [0.1, 0.15) is 18.4 Å². The summed E-state index contributed by atoms with van der Waals surface area (Å²) >= 11 is 0. The number of carbonyl (C=O) groups is 1. The fourth-order valence-corrected chi connectivity index (χ4v) is 5.89. The Morgan fingerprint density at radius 2 is 2.30 bits per heavy atom. The van der Waals surface area contributed by atoms with E-state index in [9.17, 15) is 9.90 Å². The predicted molar refractivity (Wildman–Crippen MR) is 88.3 cm³/mol. The first kappa shape index (κ1) is 13.4. The average Bonchev–Trinajstić information content (AvgIpc) is 3.07. The van der Waals surface area contributed by atoms with Crippen LogP contribution in [0.15, 0.2) is 43.0 Å². The molecule has 0 aromatic heterocycles. The number of hydrogen-bond acceptors (Lipinski definition) is 3. The topological polar surface area (TPSA) is 52.6 Å². The number of benzene rings is 1. The number of carbonyl (C=O) groups excluding carboxylic acids is 1. The summed E-state index contributed by atoms with van der Waals surface area (Å²) in [6.07, 6.45) is 8.17. The highest BCUT2D eigenvalue weighted by Gasteiger charge is 2.70. The number of anilines is 1. The second-order valence-electron chi connectivity index (χ2n) is 7.35. The SMILES string of the molecule is C=C[C@]12C=CCN3CC[C@]4(c5c(O)cccc5NC(=O)[C@@H]4C1)[C@@H]32. The van der Waals surface area contributed by atoms with Crippen molar-refractivity contribution in [1.82, 2.24) is 4.90 Å². The monoisotopic (exact) mass is 308 g/mol. The maximum atomic E-state index is 12.9. The van der Waals surface area contributed by atoms with E-state index >= 15 is 0 Å². The summed E-state index contributed by atoms with van der Waals surface area (Å²) < 4.78 is 0. The van der Waals surface area contributed by atoms with Gasteiger partial charge in [-0.3, -0.25) is 9.69 Å². The lowest BCUT2D eigenvalue weighted by Crippen LogP contribution is -2.52. The zero-order chi connectivity index (χ0) is 15.8. The van der Waals surface area contributed by atoms with Crippen molar-refractivity contribution < 1.29 is 9.90 Å². The van der Waals surface area contributed by atoms with Crippen molar-refractivity contribution >= 4 is 11.6 Å². The highest BCUT2D eigenvalue weighted by molar-refractivity contribution is 5.99. The van der Waals surface area contributed by atoms with Crippen LogP contribution in [-0.2, 0) is 10.2 Å². The van der Waals surface area contributed by atoms with E-state index in [-0.39, 0.29) is 28.7 Å². The summed E-state index contributed by atoms with van der Waals surface area (Å²) in [4.78, 5) is 15.3. The first-order chi connectivity index (χ1) is 11.1. The largest absolute Gasteiger partial charge is 0.508 e. The predicted octanol–water partition coefficient (Wildman–Crippen LogP) is 2.42. The van der Waals surface area contributed by atoms with Gasteiger partial charge in [0.25, 0.3) is 0 Å². The van der Waals surface area contributed by atoms with E-state index in [0.29, 0.717) is 5.75 Å². The Balaban J connectivity index is 1.84. The number of phenolic OH excluding ortho intramolecular Hbond substituents is 1. The molecule has 23 heavy (non-hydrogen) atoms. The van der Waals surface area contributed by atoms with Crippen LogP contribution in [0.3, 0.4) is 0 Å². The quantitative estimate of drug-likeness (QED) is 0.784. The van der Waals surface area contributed by atoms with Crippen LogP contribution in [0, 0.1) is 11.3 Å². The maximum absolute atomic E-state index is 12.9. The van der Waals surface area contributed by atoms with Gasteiger partial charge in [-0.1, -0.05) is 24.3 Å². The van der Waals surface area contributed by atoms with Crippen molar-refractivity contribution in [3.05, 3.63) is 48.6 Å². The molecular formula is C19H20N2O2. The van der Waals surface area contributed by atoms with Gasteiger partial charge in [-0.25, -0.2) is 0 Å². The van der Waals surface area contributed by atoms with Crippen molar-refractivity contribution in [3.8, 4) is 5.75 Å². The maximum Gasteiger partial charge on any atom is 0.228 e. The van der Waals surface area contributed by atoms with Crippen LogP contribution >= 0.6 is 0 Å². The summed E-state index contributed by atoms with van der Waals surface area (Å²) in [5, 5.41) is 13.7. The molecule has 3 aliphatic heterocycles. The third-order valence-corrected chi connectivity index (χ3v) is 6.58. The number of amides is 1. The van der Waals surface area contributed by atoms with Gasteiger partial charge >= 0.3 is 0 Å². The zero-order valence-electron chi connectivity index (χ0n) is 13.0. The number of rotatable bonds is 1. The molecular weight excluding hydrogens is 288 g/mol. The van der Waals surface area contributed by atoms with Crippen molar-refractivity contribution in [3.63, 3.8) is 0 Å². The Labute approximate surface area is 135 Å². The van der Waals surface area contributed by atoms with E-state index in [0.717, 1.165) is 37.2 Å². The molecule has 5 rings (SSSR count). The molecule has 1 amide bonds. The Kier molecular flexibility index (Phi) is 2.36. The highest BCUT2D eigenvalue weighted by atomic mass is 16.3. The zero-order valence-corrected chi connectivity index (χ0v) is 13.0. The molecule has 2 fully saturated rings. The Bertz CT molecular complexity index is 771. The molecule has 118 valence electrons. The minimum atomic E-state index is -0.304. The van der Waals surface area contributed by atoms with Gasteiger partial charge in [0.1, 0.15) is 5.75 Å².